The van der Waals surface area contributed by atoms with E-state index in [1.807, 2.05) is 36.4 Å². The molecule has 0 aliphatic rings. The van der Waals surface area contributed by atoms with Gasteiger partial charge in [-0.2, -0.15) is 0 Å². The van der Waals surface area contributed by atoms with Gasteiger partial charge in [-0.3, -0.25) is 4.57 Å². The maximum atomic E-state index is 5.32. The molecule has 0 spiro atoms. The van der Waals surface area contributed by atoms with Gasteiger partial charge in [-0.1, -0.05) is 159 Å². The first-order valence-electron chi connectivity index (χ1n) is 20.1. The van der Waals surface area contributed by atoms with Crippen molar-refractivity contribution in [1.29, 1.82) is 0 Å². The Morgan fingerprint density at radius 1 is 0.424 bits per heavy atom. The van der Waals surface area contributed by atoms with Crippen LogP contribution in [0, 0.1) is 0 Å². The molecule has 11 rings (SSSR count). The quantitative estimate of drug-likeness (QED) is 0.152. The summed E-state index contributed by atoms with van der Waals surface area (Å²) in [6.07, 6.45) is 0.813. The van der Waals surface area contributed by atoms with Gasteiger partial charge in [0.1, 0.15) is 5.82 Å². The maximum absolute atomic E-state index is 5.32. The van der Waals surface area contributed by atoms with Crippen LogP contribution < -0.4 is 0 Å². The summed E-state index contributed by atoms with van der Waals surface area (Å²) in [6, 6.07) is 68.1. The van der Waals surface area contributed by atoms with Crippen molar-refractivity contribution in [2.45, 2.75) is 13.3 Å². The van der Waals surface area contributed by atoms with Gasteiger partial charge in [0.25, 0.3) is 0 Å². The van der Waals surface area contributed by atoms with E-state index in [1.54, 1.807) is 0 Å². The fourth-order valence-electron chi connectivity index (χ4n) is 8.42. The number of imidazole rings is 1. The third kappa shape index (κ3) is 6.12. The van der Waals surface area contributed by atoms with Crippen molar-refractivity contribution < 1.29 is 0 Å². The Balaban J connectivity index is 0.977. The number of aryl methyl sites for hydroxylation is 1. The molecule has 0 N–H and O–H groups in total. The van der Waals surface area contributed by atoms with Crippen LogP contribution in [0.5, 0.6) is 0 Å². The third-order valence-electron chi connectivity index (χ3n) is 11.3. The molecular weight excluding hydrogens is 719 g/mol. The molecule has 5 nitrogen and oxygen atoms in total. The number of para-hydroxylation sites is 2. The van der Waals surface area contributed by atoms with Crippen LogP contribution in [0.4, 0.5) is 0 Å². The fraction of sp³-hybridized carbons (Fsp3) is 0.0370. The highest BCUT2D eigenvalue weighted by molar-refractivity contribution is 6.20. The Kier molecular flexibility index (Phi) is 8.37. The van der Waals surface area contributed by atoms with Crippen LogP contribution in [0.2, 0.25) is 0 Å². The molecule has 8 aromatic carbocycles. The topological polar surface area (TPSA) is 56.5 Å². The Bertz CT molecular complexity index is 3280. The zero-order valence-electron chi connectivity index (χ0n) is 32.4. The first-order chi connectivity index (χ1) is 29.2. The minimum atomic E-state index is 0.705. The summed E-state index contributed by atoms with van der Waals surface area (Å²) in [5.41, 5.74) is 13.3. The second kappa shape index (κ2) is 14.3. The molecular formula is C54H37N5. The van der Waals surface area contributed by atoms with E-state index in [9.17, 15) is 0 Å². The molecule has 278 valence electrons. The highest BCUT2D eigenvalue weighted by Gasteiger charge is 2.20. The minimum absolute atomic E-state index is 0.705. The predicted molar refractivity (Wildman–Crippen MR) is 244 cm³/mol. The normalized spacial score (nSPS) is 11.5. The van der Waals surface area contributed by atoms with Gasteiger partial charge in [-0.05, 0) is 69.8 Å². The number of nitrogens with zero attached hydrogens (tertiary/aromatic N) is 5. The Labute approximate surface area is 342 Å². The fourth-order valence-corrected chi connectivity index (χ4v) is 8.42. The number of hydrogen-bond acceptors (Lipinski definition) is 4. The molecule has 0 atom stereocenters. The van der Waals surface area contributed by atoms with Gasteiger partial charge in [0.15, 0.2) is 5.82 Å². The third-order valence-corrected chi connectivity index (χ3v) is 11.3. The molecule has 11 aromatic rings. The van der Waals surface area contributed by atoms with E-state index in [0.29, 0.717) is 5.82 Å². The molecule has 0 radical (unpaired) electrons. The van der Waals surface area contributed by atoms with Crippen LogP contribution in [-0.2, 0) is 6.42 Å². The highest BCUT2D eigenvalue weighted by atomic mass is 15.1. The number of pyridine rings is 1. The van der Waals surface area contributed by atoms with Gasteiger partial charge in [-0.15, -0.1) is 0 Å². The van der Waals surface area contributed by atoms with Crippen LogP contribution >= 0.6 is 0 Å². The molecule has 3 heterocycles. The van der Waals surface area contributed by atoms with Crippen molar-refractivity contribution >= 4 is 43.5 Å². The van der Waals surface area contributed by atoms with E-state index in [-0.39, 0.29) is 0 Å². The molecule has 5 heteroatoms. The summed E-state index contributed by atoms with van der Waals surface area (Å²) in [7, 11) is 0. The lowest BCUT2D eigenvalue weighted by molar-refractivity contribution is 0.908. The minimum Gasteiger partial charge on any atom is -0.296 e. The molecule has 0 bridgehead atoms. The first-order valence-corrected chi connectivity index (χ1v) is 20.1. The van der Waals surface area contributed by atoms with Crippen LogP contribution in [0.15, 0.2) is 194 Å². The van der Waals surface area contributed by atoms with Crippen molar-refractivity contribution in [2.24, 2.45) is 0 Å². The maximum Gasteiger partial charge on any atom is 0.160 e. The lowest BCUT2D eigenvalue weighted by Crippen LogP contribution is -1.99. The van der Waals surface area contributed by atoms with Crippen LogP contribution in [0.25, 0.3) is 105 Å². The van der Waals surface area contributed by atoms with Crippen LogP contribution in [-0.4, -0.2) is 24.5 Å². The van der Waals surface area contributed by atoms with E-state index in [0.717, 1.165) is 112 Å². The summed E-state index contributed by atoms with van der Waals surface area (Å²) >= 11 is 0. The standard InChI is InChI=1S/C54H37N5/c1-2-50-58-53-49(59(50)43-18-10-5-11-19-43)31-30-45-44-20-12-13-21-46(44)55-52(51(45)53)38-24-22-35(23-25-38)39-26-27-41-33-42(29-28-40(41)32-39)54-56-47(36-14-6-3-7-15-36)34-48(57-54)37-16-8-4-9-17-37/h3-34H,2H2,1H3. The molecule has 0 saturated carbocycles. The van der Waals surface area contributed by atoms with Crippen molar-refractivity contribution in [3.05, 3.63) is 200 Å². The summed E-state index contributed by atoms with van der Waals surface area (Å²) in [5.74, 6) is 1.73. The van der Waals surface area contributed by atoms with Crippen molar-refractivity contribution in [3.63, 3.8) is 0 Å². The Hall–Kier alpha value is -7.76. The average molecular weight is 756 g/mol. The van der Waals surface area contributed by atoms with E-state index in [2.05, 4.69) is 169 Å². The van der Waals surface area contributed by atoms with Crippen molar-refractivity contribution in [3.8, 4) is 62.0 Å². The smallest absolute Gasteiger partial charge is 0.160 e. The van der Waals surface area contributed by atoms with Gasteiger partial charge < -0.3 is 0 Å². The molecule has 3 aromatic heterocycles. The molecule has 59 heavy (non-hydrogen) atoms. The summed E-state index contributed by atoms with van der Waals surface area (Å²) in [6.45, 7) is 2.17. The Morgan fingerprint density at radius 2 is 1.00 bits per heavy atom. The number of aromatic nitrogens is 5. The molecule has 0 fully saturated rings. The lowest BCUT2D eigenvalue weighted by atomic mass is 9.96. The van der Waals surface area contributed by atoms with Crippen molar-refractivity contribution in [2.75, 3.05) is 0 Å². The SMILES string of the molecule is CCc1nc2c3c(-c4ccc(-c5ccc6cc(-c7nc(-c8ccccc8)cc(-c8ccccc8)n7)ccc6c5)cc4)nc4ccccc4c3ccc2n1-c1ccccc1. The van der Waals surface area contributed by atoms with Gasteiger partial charge in [-0.25, -0.2) is 19.9 Å². The summed E-state index contributed by atoms with van der Waals surface area (Å²) < 4.78 is 2.29. The molecule has 0 saturated heterocycles. The number of rotatable bonds is 7. The second-order valence-electron chi connectivity index (χ2n) is 14.9. The van der Waals surface area contributed by atoms with Crippen LogP contribution in [0.1, 0.15) is 12.7 Å². The largest absolute Gasteiger partial charge is 0.296 e. The molecule has 0 unspecified atom stereocenters. The number of benzene rings is 8. The van der Waals surface area contributed by atoms with Crippen molar-refractivity contribution in [1.82, 2.24) is 24.5 Å². The highest BCUT2D eigenvalue weighted by Crippen LogP contribution is 2.39. The monoisotopic (exact) mass is 755 g/mol. The predicted octanol–water partition coefficient (Wildman–Crippen LogP) is 13.6. The molecule has 0 aliphatic carbocycles. The zero-order chi connectivity index (χ0) is 39.3. The first kappa shape index (κ1) is 34.5. The zero-order valence-corrected chi connectivity index (χ0v) is 32.4. The Morgan fingerprint density at radius 3 is 1.68 bits per heavy atom. The summed E-state index contributed by atoms with van der Waals surface area (Å²) in [5, 5.41) is 5.65. The van der Waals surface area contributed by atoms with E-state index in [1.165, 1.54) is 0 Å². The summed E-state index contributed by atoms with van der Waals surface area (Å²) in [4.78, 5) is 20.7. The van der Waals surface area contributed by atoms with E-state index < -0.39 is 0 Å². The van der Waals surface area contributed by atoms with E-state index in [4.69, 9.17) is 19.9 Å². The number of fused-ring (bicyclic) bond motifs is 6. The van der Waals surface area contributed by atoms with Gasteiger partial charge in [0.05, 0.1) is 33.6 Å². The molecule has 0 aliphatic heterocycles. The average Bonchev–Trinajstić information content (AvgIpc) is 3.71. The molecule has 0 amide bonds. The van der Waals surface area contributed by atoms with Gasteiger partial charge in [0.2, 0.25) is 0 Å². The van der Waals surface area contributed by atoms with Crippen LogP contribution in [0.3, 0.4) is 0 Å². The lowest BCUT2D eigenvalue weighted by Gasteiger charge is -2.13. The second-order valence-corrected chi connectivity index (χ2v) is 14.9. The van der Waals surface area contributed by atoms with Gasteiger partial charge >= 0.3 is 0 Å². The van der Waals surface area contributed by atoms with E-state index >= 15 is 0 Å². The number of hydrogen-bond donors (Lipinski definition) is 0. The van der Waals surface area contributed by atoms with Gasteiger partial charge in [0, 0.05) is 45.1 Å².